The average molecular weight is 510 g/mol. The molecule has 0 aliphatic heterocycles. The third kappa shape index (κ3) is 3.48. The van der Waals surface area contributed by atoms with Gasteiger partial charge in [-0.1, -0.05) is 121 Å². The molecule has 8 rings (SSSR count). The molecule has 0 amide bonds. The molecule has 0 fully saturated rings. The Labute approximate surface area is 244 Å². The Balaban J connectivity index is 1.59. The Bertz CT molecular complexity index is 2770. The van der Waals surface area contributed by atoms with Gasteiger partial charge >= 0.3 is 0 Å². The van der Waals surface area contributed by atoms with Crippen LogP contribution in [0.15, 0.2) is 150 Å². The lowest BCUT2D eigenvalue weighted by molar-refractivity contribution is 0.669. The zero-order chi connectivity index (χ0) is 37.1. The summed E-state index contributed by atoms with van der Waals surface area (Å²) in [5.74, 6) is 0. The quantitative estimate of drug-likeness (QED) is 0.216. The Morgan fingerprint density at radius 1 is 0.385 bits per heavy atom. The molecule has 0 saturated heterocycles. The first-order valence-corrected chi connectivity index (χ1v) is 12.3. The van der Waals surface area contributed by atoms with Gasteiger partial charge in [-0.15, -0.1) is 0 Å². The minimum absolute atomic E-state index is 0.0669. The van der Waals surface area contributed by atoms with Gasteiger partial charge < -0.3 is 4.42 Å². The van der Waals surface area contributed by atoms with E-state index in [9.17, 15) is 0 Å². The minimum Gasteiger partial charge on any atom is -0.456 e. The maximum Gasteiger partial charge on any atom is 0.136 e. The summed E-state index contributed by atoms with van der Waals surface area (Å²) in [6.45, 7) is 0. The van der Waals surface area contributed by atoms with Crippen molar-refractivity contribution in [3.8, 4) is 33.4 Å². The summed E-state index contributed by atoms with van der Waals surface area (Å²) in [5, 5.41) is 0.616. The summed E-state index contributed by atoms with van der Waals surface area (Å²) >= 11 is 0. The Morgan fingerprint density at radius 2 is 0.974 bits per heavy atom. The molecule has 7 aromatic carbocycles. The number of hydrogen-bond donors (Lipinski definition) is 0. The van der Waals surface area contributed by atoms with Crippen molar-refractivity contribution >= 4 is 43.5 Å². The first kappa shape index (κ1) is 12.6. The van der Waals surface area contributed by atoms with Crippen molar-refractivity contribution in [1.29, 1.82) is 0 Å². The first-order chi connectivity index (χ1) is 24.7. The number of furan rings is 1. The number of fused-ring (bicyclic) bond motifs is 5. The van der Waals surface area contributed by atoms with Gasteiger partial charge in [0.05, 0.1) is 17.8 Å². The molecule has 1 nitrogen and oxygen atoms in total. The van der Waals surface area contributed by atoms with Gasteiger partial charge in [-0.25, -0.2) is 0 Å². The number of hydrogen-bond acceptors (Lipinski definition) is 1. The molecule has 0 spiro atoms. The van der Waals surface area contributed by atoms with Gasteiger partial charge in [0.2, 0.25) is 0 Å². The van der Waals surface area contributed by atoms with Crippen molar-refractivity contribution < 1.29 is 22.2 Å². The van der Waals surface area contributed by atoms with E-state index in [1.807, 2.05) is 48.5 Å². The summed E-state index contributed by atoms with van der Waals surface area (Å²) in [4.78, 5) is 0. The lowest BCUT2D eigenvalue weighted by atomic mass is 9.86. The van der Waals surface area contributed by atoms with Gasteiger partial charge in [0.15, 0.2) is 0 Å². The number of rotatable bonds is 3. The van der Waals surface area contributed by atoms with Crippen LogP contribution in [0.25, 0.3) is 76.9 Å². The van der Waals surface area contributed by atoms with Crippen LogP contribution in [0, 0.1) is 0 Å². The normalized spacial score (nSPS) is 16.3. The molecule has 0 aliphatic rings. The standard InChI is InChI=1S/C38H24O/c1-3-11-25(12-4-1)27-19-21-29-34-23-28(20-22-35(34)39-36(29)24-27)38-32-17-9-7-15-30(32)37(26-13-5-2-6-14-26)31-16-8-10-18-33(31)38/h1-24H/i2D,5D,6D,7D,8D,9D,10D,13D,14D,15D,16D,17D,18D. The summed E-state index contributed by atoms with van der Waals surface area (Å²) in [6.07, 6.45) is 0. The highest BCUT2D eigenvalue weighted by molar-refractivity contribution is 6.22. The molecule has 39 heavy (non-hydrogen) atoms. The van der Waals surface area contributed by atoms with Crippen molar-refractivity contribution in [2.24, 2.45) is 0 Å². The molecule has 0 unspecified atom stereocenters. The molecule has 0 bridgehead atoms. The smallest absolute Gasteiger partial charge is 0.136 e. The molecule has 1 heterocycles. The summed E-state index contributed by atoms with van der Waals surface area (Å²) in [5.41, 5.74) is 2.67. The van der Waals surface area contributed by atoms with Crippen molar-refractivity contribution in [1.82, 2.24) is 0 Å². The Hall–Kier alpha value is -5.14. The second kappa shape index (κ2) is 8.72. The van der Waals surface area contributed by atoms with E-state index < -0.39 is 84.1 Å². The summed E-state index contributed by atoms with van der Waals surface area (Å²) in [7, 11) is 0. The molecule has 0 radical (unpaired) electrons. The van der Waals surface area contributed by atoms with Gasteiger partial charge in [-0.05, 0) is 79.2 Å². The van der Waals surface area contributed by atoms with Crippen LogP contribution in [0.2, 0.25) is 0 Å². The van der Waals surface area contributed by atoms with Gasteiger partial charge in [-0.2, -0.15) is 0 Å². The maximum atomic E-state index is 9.17. The molecular weight excluding hydrogens is 472 g/mol. The van der Waals surface area contributed by atoms with E-state index in [1.165, 1.54) is 0 Å². The van der Waals surface area contributed by atoms with Crippen molar-refractivity contribution in [2.45, 2.75) is 0 Å². The third-order valence-electron chi connectivity index (χ3n) is 6.99. The zero-order valence-electron chi connectivity index (χ0n) is 33.3. The lowest BCUT2D eigenvalue weighted by Gasteiger charge is -2.17. The van der Waals surface area contributed by atoms with Gasteiger partial charge in [-0.3, -0.25) is 0 Å². The highest BCUT2D eigenvalue weighted by Gasteiger charge is 2.17. The van der Waals surface area contributed by atoms with E-state index in [4.69, 9.17) is 22.2 Å². The lowest BCUT2D eigenvalue weighted by Crippen LogP contribution is -1.90. The van der Waals surface area contributed by atoms with E-state index >= 15 is 0 Å². The predicted octanol–water partition coefficient (Wildman–Crippen LogP) is 10.9. The Morgan fingerprint density at radius 3 is 1.64 bits per heavy atom. The average Bonchev–Trinajstić information content (AvgIpc) is 3.52. The molecule has 1 heteroatoms. The van der Waals surface area contributed by atoms with Crippen LogP contribution in [0.3, 0.4) is 0 Å². The van der Waals surface area contributed by atoms with Crippen LogP contribution in [-0.4, -0.2) is 0 Å². The van der Waals surface area contributed by atoms with E-state index in [1.54, 1.807) is 18.2 Å². The van der Waals surface area contributed by atoms with Gasteiger partial charge in [0.25, 0.3) is 0 Å². The van der Waals surface area contributed by atoms with Crippen molar-refractivity contribution in [3.05, 3.63) is 145 Å². The van der Waals surface area contributed by atoms with Gasteiger partial charge in [0.1, 0.15) is 11.2 Å². The first-order valence-electron chi connectivity index (χ1n) is 18.8. The maximum absolute atomic E-state index is 9.17. The predicted molar refractivity (Wildman–Crippen MR) is 165 cm³/mol. The van der Waals surface area contributed by atoms with Crippen LogP contribution in [0.1, 0.15) is 17.8 Å². The molecule has 0 saturated carbocycles. The van der Waals surface area contributed by atoms with Crippen LogP contribution in [0.5, 0.6) is 0 Å². The van der Waals surface area contributed by atoms with Crippen LogP contribution in [-0.2, 0) is 0 Å². The Kier molecular flexibility index (Phi) is 2.82. The monoisotopic (exact) mass is 509 g/mol. The van der Waals surface area contributed by atoms with Crippen molar-refractivity contribution in [2.75, 3.05) is 0 Å². The van der Waals surface area contributed by atoms with Crippen molar-refractivity contribution in [3.63, 3.8) is 0 Å². The zero-order valence-corrected chi connectivity index (χ0v) is 20.3. The molecule has 1 aromatic heterocycles. The van der Waals surface area contributed by atoms with E-state index in [0.717, 1.165) is 16.5 Å². The van der Waals surface area contributed by atoms with Gasteiger partial charge in [0, 0.05) is 10.8 Å². The minimum atomic E-state index is -0.712. The fraction of sp³-hybridized carbons (Fsp3) is 0. The molecule has 0 N–H and O–H groups in total. The highest BCUT2D eigenvalue weighted by atomic mass is 16.3. The summed E-state index contributed by atoms with van der Waals surface area (Å²) < 4.78 is 120. The molecule has 0 atom stereocenters. The van der Waals surface area contributed by atoms with Crippen LogP contribution in [0.4, 0.5) is 0 Å². The number of benzene rings is 7. The SMILES string of the molecule is [2H]c1c([2H])c([2H])c(-c2c3c([2H])c([2H])c([2H])c([2H])c3c(-c3ccc4oc5cc(-c6ccccc6)ccc5c4c3)c3c([2H])c([2H])c([2H])c([2H])c23)c([2H])c1[2H]. The van der Waals surface area contributed by atoms with E-state index in [-0.39, 0.29) is 32.7 Å². The van der Waals surface area contributed by atoms with E-state index in [2.05, 4.69) is 0 Å². The largest absolute Gasteiger partial charge is 0.456 e. The second-order valence-corrected chi connectivity index (χ2v) is 9.14. The summed E-state index contributed by atoms with van der Waals surface area (Å²) in [6, 6.07) is 12.3. The fourth-order valence-electron chi connectivity index (χ4n) is 5.28. The highest BCUT2D eigenvalue weighted by Crippen LogP contribution is 2.44. The topological polar surface area (TPSA) is 13.1 Å². The van der Waals surface area contributed by atoms with E-state index in [0.29, 0.717) is 22.1 Å². The van der Waals surface area contributed by atoms with Crippen LogP contribution < -0.4 is 0 Å². The molecule has 0 aliphatic carbocycles. The fourth-order valence-corrected chi connectivity index (χ4v) is 5.28. The third-order valence-corrected chi connectivity index (χ3v) is 6.99. The molecule has 8 aromatic rings. The molecular formula is C38H24O. The molecule has 182 valence electrons. The second-order valence-electron chi connectivity index (χ2n) is 9.14. The van der Waals surface area contributed by atoms with Crippen LogP contribution >= 0.6 is 0 Å².